The van der Waals surface area contributed by atoms with Gasteiger partial charge >= 0.3 is 6.18 Å². The highest BCUT2D eigenvalue weighted by Gasteiger charge is 2.38. The number of nitro benzene ring substituents is 1. The van der Waals surface area contributed by atoms with Crippen LogP contribution in [0.1, 0.15) is 5.56 Å². The van der Waals surface area contributed by atoms with Crippen molar-refractivity contribution >= 4 is 16.6 Å². The topological polar surface area (TPSA) is 71.8 Å². The van der Waals surface area contributed by atoms with E-state index in [1.54, 1.807) is 0 Å². The number of fused-ring (bicyclic) bond motifs is 1. The molecule has 0 unspecified atom stereocenters. The summed E-state index contributed by atoms with van der Waals surface area (Å²) < 4.78 is 37.5. The summed E-state index contributed by atoms with van der Waals surface area (Å²) in [6, 6.07) is 1.53. The van der Waals surface area contributed by atoms with E-state index < -0.39 is 22.4 Å². The van der Waals surface area contributed by atoms with E-state index in [4.69, 9.17) is 0 Å². The number of halogens is 3. The summed E-state index contributed by atoms with van der Waals surface area (Å²) in [5.41, 5.74) is -2.14. The van der Waals surface area contributed by atoms with E-state index in [-0.39, 0.29) is 10.9 Å². The standard InChI is InChI=1S/C8H4F3N3O2/c9-8(10,11)5-2-6-4(3-12-13-6)1-7(5)14(15)16/h1-3H,(H,12,13). The molecule has 2 rings (SSSR count). The number of nitrogens with one attached hydrogen (secondary N) is 1. The number of hydrogen-bond donors (Lipinski definition) is 1. The molecule has 0 saturated heterocycles. The molecule has 8 heteroatoms. The van der Waals surface area contributed by atoms with Gasteiger partial charge in [-0.2, -0.15) is 18.3 Å². The van der Waals surface area contributed by atoms with E-state index in [1.165, 1.54) is 6.20 Å². The largest absolute Gasteiger partial charge is 0.423 e. The summed E-state index contributed by atoms with van der Waals surface area (Å²) >= 11 is 0. The molecule has 2 aromatic rings. The Morgan fingerprint density at radius 2 is 2.06 bits per heavy atom. The SMILES string of the molecule is O=[N+]([O-])c1cc2cn[nH]c2cc1C(F)(F)F. The van der Waals surface area contributed by atoms with E-state index in [2.05, 4.69) is 10.2 Å². The lowest BCUT2D eigenvalue weighted by molar-refractivity contribution is -0.387. The van der Waals surface area contributed by atoms with Gasteiger partial charge in [0, 0.05) is 11.5 Å². The molecule has 84 valence electrons. The third-order valence-corrected chi connectivity index (χ3v) is 2.06. The van der Waals surface area contributed by atoms with Gasteiger partial charge < -0.3 is 0 Å². The van der Waals surface area contributed by atoms with Crippen LogP contribution in [0.3, 0.4) is 0 Å². The van der Waals surface area contributed by atoms with Crippen molar-refractivity contribution in [3.05, 3.63) is 34.0 Å². The van der Waals surface area contributed by atoms with Crippen LogP contribution in [-0.2, 0) is 6.18 Å². The molecule has 0 fully saturated rings. The van der Waals surface area contributed by atoms with Gasteiger partial charge in [-0.15, -0.1) is 0 Å². The van der Waals surface area contributed by atoms with Crippen LogP contribution in [0.5, 0.6) is 0 Å². The molecule has 0 saturated carbocycles. The Morgan fingerprint density at radius 1 is 1.38 bits per heavy atom. The first-order valence-electron chi connectivity index (χ1n) is 4.08. The lowest BCUT2D eigenvalue weighted by Gasteiger charge is -2.06. The first-order chi connectivity index (χ1) is 7.39. The smallest absolute Gasteiger partial charge is 0.278 e. The van der Waals surface area contributed by atoms with Crippen LogP contribution in [0.15, 0.2) is 18.3 Å². The molecular weight excluding hydrogens is 227 g/mol. The van der Waals surface area contributed by atoms with Gasteiger partial charge in [0.2, 0.25) is 0 Å². The fourth-order valence-corrected chi connectivity index (χ4v) is 1.36. The van der Waals surface area contributed by atoms with Gasteiger partial charge in [-0.1, -0.05) is 0 Å². The molecule has 0 spiro atoms. The third kappa shape index (κ3) is 1.58. The number of hydrogen-bond acceptors (Lipinski definition) is 3. The summed E-state index contributed by atoms with van der Waals surface area (Å²) in [5, 5.41) is 16.6. The van der Waals surface area contributed by atoms with Gasteiger partial charge in [-0.3, -0.25) is 15.2 Å². The Hall–Kier alpha value is -2.12. The molecule has 1 aromatic heterocycles. The van der Waals surface area contributed by atoms with Gasteiger partial charge in [0.05, 0.1) is 16.6 Å². The fourth-order valence-electron chi connectivity index (χ4n) is 1.36. The fraction of sp³-hybridized carbons (Fsp3) is 0.125. The summed E-state index contributed by atoms with van der Waals surface area (Å²) in [4.78, 5) is 9.45. The average molecular weight is 231 g/mol. The second kappa shape index (κ2) is 3.19. The molecule has 1 aromatic carbocycles. The Labute approximate surface area is 86.0 Å². The zero-order chi connectivity index (χ0) is 11.9. The number of aromatic nitrogens is 2. The summed E-state index contributed by atoms with van der Waals surface area (Å²) in [7, 11) is 0. The molecule has 0 bridgehead atoms. The molecule has 1 heterocycles. The molecule has 5 nitrogen and oxygen atoms in total. The van der Waals surface area contributed by atoms with Crippen molar-refractivity contribution in [2.24, 2.45) is 0 Å². The zero-order valence-electron chi connectivity index (χ0n) is 7.58. The van der Waals surface area contributed by atoms with Crippen molar-refractivity contribution in [3.8, 4) is 0 Å². The van der Waals surface area contributed by atoms with Crippen LogP contribution in [0.4, 0.5) is 18.9 Å². The third-order valence-electron chi connectivity index (χ3n) is 2.06. The summed E-state index contributed by atoms with van der Waals surface area (Å²) in [6.45, 7) is 0. The van der Waals surface area contributed by atoms with E-state index in [1.807, 2.05) is 0 Å². The molecule has 0 aliphatic rings. The Bertz CT molecular complexity index is 561. The second-order valence-corrected chi connectivity index (χ2v) is 3.08. The van der Waals surface area contributed by atoms with Gasteiger partial charge in [-0.05, 0) is 6.07 Å². The lowest BCUT2D eigenvalue weighted by atomic mass is 10.1. The highest BCUT2D eigenvalue weighted by Crippen LogP contribution is 2.37. The van der Waals surface area contributed by atoms with Gasteiger partial charge in [0.15, 0.2) is 0 Å². The average Bonchev–Trinajstić information content (AvgIpc) is 2.60. The Kier molecular flexibility index (Phi) is 2.07. The van der Waals surface area contributed by atoms with Crippen molar-refractivity contribution in [2.75, 3.05) is 0 Å². The van der Waals surface area contributed by atoms with Crippen LogP contribution < -0.4 is 0 Å². The first kappa shape index (κ1) is 10.4. The minimum Gasteiger partial charge on any atom is -0.278 e. The maximum atomic E-state index is 12.5. The maximum absolute atomic E-state index is 12.5. The number of alkyl halides is 3. The molecule has 16 heavy (non-hydrogen) atoms. The number of benzene rings is 1. The van der Waals surface area contributed by atoms with Crippen LogP contribution in [-0.4, -0.2) is 15.1 Å². The normalized spacial score (nSPS) is 11.9. The van der Waals surface area contributed by atoms with Crippen molar-refractivity contribution in [1.29, 1.82) is 0 Å². The van der Waals surface area contributed by atoms with Gasteiger partial charge in [-0.25, -0.2) is 0 Å². The molecular formula is C8H4F3N3O2. The van der Waals surface area contributed by atoms with E-state index >= 15 is 0 Å². The van der Waals surface area contributed by atoms with Crippen molar-refractivity contribution in [2.45, 2.75) is 6.18 Å². The van der Waals surface area contributed by atoms with Crippen molar-refractivity contribution in [3.63, 3.8) is 0 Å². The van der Waals surface area contributed by atoms with Gasteiger partial charge in [0.25, 0.3) is 5.69 Å². The van der Waals surface area contributed by atoms with Crippen LogP contribution >= 0.6 is 0 Å². The molecule has 0 amide bonds. The lowest BCUT2D eigenvalue weighted by Crippen LogP contribution is -2.08. The highest BCUT2D eigenvalue weighted by atomic mass is 19.4. The minimum atomic E-state index is -4.76. The molecule has 0 radical (unpaired) electrons. The van der Waals surface area contributed by atoms with Crippen LogP contribution in [0.25, 0.3) is 10.9 Å². The van der Waals surface area contributed by atoms with E-state index in [9.17, 15) is 23.3 Å². The highest BCUT2D eigenvalue weighted by molar-refractivity contribution is 5.82. The number of nitrogens with zero attached hydrogens (tertiary/aromatic N) is 2. The summed E-state index contributed by atoms with van der Waals surface area (Å²) in [6.07, 6.45) is -3.54. The molecule has 0 atom stereocenters. The van der Waals surface area contributed by atoms with Crippen LogP contribution in [0, 0.1) is 10.1 Å². The predicted octanol–water partition coefficient (Wildman–Crippen LogP) is 2.49. The molecule has 0 aliphatic heterocycles. The second-order valence-electron chi connectivity index (χ2n) is 3.08. The number of aromatic amines is 1. The molecule has 1 N–H and O–H groups in total. The minimum absolute atomic E-state index is 0.109. The number of H-pyrrole nitrogens is 1. The quantitative estimate of drug-likeness (QED) is 0.605. The van der Waals surface area contributed by atoms with Crippen molar-refractivity contribution < 1.29 is 18.1 Å². The summed E-state index contributed by atoms with van der Waals surface area (Å²) in [5.74, 6) is 0. The zero-order valence-corrected chi connectivity index (χ0v) is 7.58. The molecule has 0 aliphatic carbocycles. The Balaban J connectivity index is 2.77. The van der Waals surface area contributed by atoms with Gasteiger partial charge in [0.1, 0.15) is 5.56 Å². The monoisotopic (exact) mass is 231 g/mol. The predicted molar refractivity (Wildman–Crippen MR) is 47.8 cm³/mol. The van der Waals surface area contributed by atoms with Crippen molar-refractivity contribution in [1.82, 2.24) is 10.2 Å². The number of nitro groups is 1. The van der Waals surface area contributed by atoms with E-state index in [0.717, 1.165) is 6.07 Å². The first-order valence-corrected chi connectivity index (χ1v) is 4.08. The maximum Gasteiger partial charge on any atom is 0.423 e. The Morgan fingerprint density at radius 3 is 2.62 bits per heavy atom. The van der Waals surface area contributed by atoms with E-state index in [0.29, 0.717) is 6.07 Å². The number of rotatable bonds is 1. The van der Waals surface area contributed by atoms with Crippen LogP contribution in [0.2, 0.25) is 0 Å².